The number of halogens is 1. The predicted molar refractivity (Wildman–Crippen MR) is 105 cm³/mol. The highest BCUT2D eigenvalue weighted by molar-refractivity contribution is 7.90. The summed E-state index contributed by atoms with van der Waals surface area (Å²) in [6, 6.07) is 8.28. The van der Waals surface area contributed by atoms with Gasteiger partial charge < -0.3 is 5.32 Å². The summed E-state index contributed by atoms with van der Waals surface area (Å²) in [6.07, 6.45) is 0. The van der Waals surface area contributed by atoms with E-state index >= 15 is 0 Å². The molecule has 0 saturated heterocycles. The third-order valence-corrected chi connectivity index (χ3v) is 5.58. The maximum Gasteiger partial charge on any atom is 0.265 e. The van der Waals surface area contributed by atoms with E-state index in [-0.39, 0.29) is 21.6 Å². The van der Waals surface area contributed by atoms with Crippen LogP contribution in [0.25, 0.3) is 0 Å². The number of carbonyl (C=O) groups is 2. The van der Waals surface area contributed by atoms with E-state index in [1.165, 1.54) is 6.92 Å². The van der Waals surface area contributed by atoms with E-state index < -0.39 is 27.7 Å². The summed E-state index contributed by atoms with van der Waals surface area (Å²) >= 11 is 0. The Morgan fingerprint density at radius 1 is 1.04 bits per heavy atom. The Kier molecular flexibility index (Phi) is 5.94. The van der Waals surface area contributed by atoms with Crippen molar-refractivity contribution in [3.8, 4) is 0 Å². The van der Waals surface area contributed by atoms with Crippen molar-refractivity contribution in [3.05, 3.63) is 58.9 Å². The molecule has 0 aliphatic rings. The molecule has 0 aliphatic carbocycles. The average molecular weight is 406 g/mol. The SMILES string of the molecule is CC(=O)Nc1cc(C(=O)NS(=O)(=O)c2cc(C(C)(C)C)ccc2C)ccc1F. The molecule has 0 fully saturated rings. The number of sulfonamides is 1. The Morgan fingerprint density at radius 3 is 2.25 bits per heavy atom. The van der Waals surface area contributed by atoms with Crippen molar-refractivity contribution < 1.29 is 22.4 Å². The fourth-order valence-corrected chi connectivity index (χ4v) is 3.79. The van der Waals surface area contributed by atoms with E-state index in [4.69, 9.17) is 0 Å². The molecular weight excluding hydrogens is 383 g/mol. The van der Waals surface area contributed by atoms with E-state index in [1.54, 1.807) is 19.1 Å². The molecular formula is C20H23FN2O4S. The first-order chi connectivity index (χ1) is 12.8. The first-order valence-corrected chi connectivity index (χ1v) is 10.0. The van der Waals surface area contributed by atoms with Crippen LogP contribution in [0.5, 0.6) is 0 Å². The predicted octanol–water partition coefficient (Wildman–Crippen LogP) is 3.51. The Bertz CT molecular complexity index is 1040. The lowest BCUT2D eigenvalue weighted by atomic mass is 9.87. The summed E-state index contributed by atoms with van der Waals surface area (Å²) in [5.74, 6) is -2.17. The number of rotatable bonds is 4. The molecule has 150 valence electrons. The van der Waals surface area contributed by atoms with E-state index in [2.05, 4.69) is 5.32 Å². The Hall–Kier alpha value is -2.74. The van der Waals surface area contributed by atoms with Gasteiger partial charge in [-0.15, -0.1) is 0 Å². The molecule has 6 nitrogen and oxygen atoms in total. The molecule has 0 unspecified atom stereocenters. The van der Waals surface area contributed by atoms with Gasteiger partial charge in [-0.25, -0.2) is 17.5 Å². The maximum absolute atomic E-state index is 13.7. The van der Waals surface area contributed by atoms with Gasteiger partial charge in [0.05, 0.1) is 10.6 Å². The zero-order valence-corrected chi connectivity index (χ0v) is 17.2. The Morgan fingerprint density at radius 2 is 1.68 bits per heavy atom. The molecule has 2 rings (SSSR count). The first kappa shape index (κ1) is 21.6. The summed E-state index contributed by atoms with van der Waals surface area (Å²) in [5.41, 5.74) is 0.723. The zero-order valence-electron chi connectivity index (χ0n) is 16.4. The molecule has 0 heterocycles. The molecule has 0 spiro atoms. The van der Waals surface area contributed by atoms with Crippen LogP contribution in [-0.4, -0.2) is 20.2 Å². The number of amides is 2. The van der Waals surface area contributed by atoms with Crippen LogP contribution in [0, 0.1) is 12.7 Å². The van der Waals surface area contributed by atoms with Gasteiger partial charge in [-0.3, -0.25) is 9.59 Å². The number of nitrogens with one attached hydrogen (secondary N) is 2. The minimum absolute atomic E-state index is 0.00234. The standard InChI is InChI=1S/C20H23FN2O4S/c1-12-6-8-15(20(3,4)5)11-18(12)28(26,27)23-19(25)14-7-9-16(21)17(10-14)22-13(2)24/h6-11H,1-5H3,(H,22,24)(H,23,25). The number of benzene rings is 2. The molecule has 28 heavy (non-hydrogen) atoms. The van der Waals surface area contributed by atoms with Crippen LogP contribution >= 0.6 is 0 Å². The van der Waals surface area contributed by atoms with Gasteiger partial charge in [0.15, 0.2) is 0 Å². The quantitative estimate of drug-likeness (QED) is 0.813. The van der Waals surface area contributed by atoms with Crippen molar-refractivity contribution in [2.75, 3.05) is 5.32 Å². The summed E-state index contributed by atoms with van der Waals surface area (Å²) in [6.45, 7) is 8.69. The van der Waals surface area contributed by atoms with Gasteiger partial charge in [0.25, 0.3) is 15.9 Å². The highest BCUT2D eigenvalue weighted by Crippen LogP contribution is 2.27. The molecule has 0 bridgehead atoms. The van der Waals surface area contributed by atoms with Gasteiger partial charge >= 0.3 is 0 Å². The molecule has 0 radical (unpaired) electrons. The highest BCUT2D eigenvalue weighted by atomic mass is 32.2. The molecule has 0 atom stereocenters. The minimum Gasteiger partial charge on any atom is -0.324 e. The van der Waals surface area contributed by atoms with E-state index in [0.29, 0.717) is 5.56 Å². The van der Waals surface area contributed by atoms with Crippen LogP contribution in [-0.2, 0) is 20.2 Å². The smallest absolute Gasteiger partial charge is 0.265 e. The van der Waals surface area contributed by atoms with Crippen molar-refractivity contribution in [2.45, 2.75) is 44.9 Å². The van der Waals surface area contributed by atoms with Crippen molar-refractivity contribution in [2.24, 2.45) is 0 Å². The molecule has 2 N–H and O–H groups in total. The van der Waals surface area contributed by atoms with Crippen LogP contribution in [0.4, 0.5) is 10.1 Å². The lowest BCUT2D eigenvalue weighted by molar-refractivity contribution is -0.114. The number of hydrogen-bond acceptors (Lipinski definition) is 4. The molecule has 0 aliphatic heterocycles. The lowest BCUT2D eigenvalue weighted by Gasteiger charge is -2.21. The van der Waals surface area contributed by atoms with E-state index in [0.717, 1.165) is 23.8 Å². The van der Waals surface area contributed by atoms with Crippen LogP contribution in [0.3, 0.4) is 0 Å². The lowest BCUT2D eigenvalue weighted by Crippen LogP contribution is -2.31. The van der Waals surface area contributed by atoms with Crippen LogP contribution in [0.2, 0.25) is 0 Å². The van der Waals surface area contributed by atoms with Crippen molar-refractivity contribution in [3.63, 3.8) is 0 Å². The molecule has 2 aromatic carbocycles. The molecule has 0 saturated carbocycles. The summed E-state index contributed by atoms with van der Waals surface area (Å²) in [4.78, 5) is 23.6. The van der Waals surface area contributed by atoms with Gasteiger partial charge in [-0.1, -0.05) is 32.9 Å². The maximum atomic E-state index is 13.7. The highest BCUT2D eigenvalue weighted by Gasteiger charge is 2.24. The van der Waals surface area contributed by atoms with Crippen LogP contribution in [0.1, 0.15) is 49.2 Å². The fourth-order valence-electron chi connectivity index (χ4n) is 2.54. The third-order valence-electron chi connectivity index (χ3n) is 4.11. The second-order valence-corrected chi connectivity index (χ2v) is 9.19. The van der Waals surface area contributed by atoms with Crippen molar-refractivity contribution in [1.29, 1.82) is 0 Å². The van der Waals surface area contributed by atoms with Gasteiger partial charge in [0.2, 0.25) is 5.91 Å². The topological polar surface area (TPSA) is 92.3 Å². The van der Waals surface area contributed by atoms with E-state index in [1.807, 2.05) is 31.6 Å². The second-order valence-electron chi connectivity index (χ2n) is 7.54. The summed E-state index contributed by atoms with van der Waals surface area (Å²) < 4.78 is 41.3. The fraction of sp³-hybridized carbons (Fsp3) is 0.300. The zero-order chi connectivity index (χ0) is 21.3. The largest absolute Gasteiger partial charge is 0.324 e. The number of aryl methyl sites for hydroxylation is 1. The first-order valence-electron chi connectivity index (χ1n) is 8.56. The number of hydrogen-bond donors (Lipinski definition) is 2. The second kappa shape index (κ2) is 7.71. The number of carbonyl (C=O) groups excluding carboxylic acids is 2. The Balaban J connectivity index is 2.37. The van der Waals surface area contributed by atoms with Crippen LogP contribution in [0.15, 0.2) is 41.3 Å². The van der Waals surface area contributed by atoms with Gasteiger partial charge in [-0.2, -0.15) is 0 Å². The molecule has 2 aromatic rings. The number of anilines is 1. The van der Waals surface area contributed by atoms with Gasteiger partial charge in [0.1, 0.15) is 5.82 Å². The minimum atomic E-state index is -4.15. The molecule has 8 heteroatoms. The van der Waals surface area contributed by atoms with Gasteiger partial charge in [-0.05, 0) is 47.7 Å². The molecule has 2 amide bonds. The summed E-state index contributed by atoms with van der Waals surface area (Å²) in [7, 11) is -4.15. The average Bonchev–Trinajstić information content (AvgIpc) is 2.55. The normalized spacial score (nSPS) is 11.8. The van der Waals surface area contributed by atoms with Crippen LogP contribution < -0.4 is 10.0 Å². The van der Waals surface area contributed by atoms with Gasteiger partial charge in [0, 0.05) is 12.5 Å². The summed E-state index contributed by atoms with van der Waals surface area (Å²) in [5, 5.41) is 2.25. The van der Waals surface area contributed by atoms with E-state index in [9.17, 15) is 22.4 Å². The van der Waals surface area contributed by atoms with Crippen molar-refractivity contribution >= 4 is 27.5 Å². The molecule has 0 aromatic heterocycles. The van der Waals surface area contributed by atoms with Crippen molar-refractivity contribution in [1.82, 2.24) is 4.72 Å². The monoisotopic (exact) mass is 406 g/mol. The third kappa shape index (κ3) is 4.95. The Labute approximate surface area is 164 Å².